The van der Waals surface area contributed by atoms with E-state index in [1.54, 1.807) is 6.07 Å². The molecule has 3 rings (SSSR count). The molecule has 0 atom stereocenters. The van der Waals surface area contributed by atoms with Crippen LogP contribution in [0.15, 0.2) is 27.8 Å². The highest BCUT2D eigenvalue weighted by molar-refractivity contribution is 7.98. The molecule has 170 valence electrons. The van der Waals surface area contributed by atoms with Gasteiger partial charge < -0.3 is 14.1 Å². The van der Waals surface area contributed by atoms with Gasteiger partial charge in [0.05, 0.1) is 24.7 Å². The maximum Gasteiger partial charge on any atom is 0.301 e. The SMILES string of the molecule is CCN(CC)c1cc(C(C)(C)C)nc(SCc2ccc(C(=O)NN3CCOCC3)o2)n1. The Kier molecular flexibility index (Phi) is 7.96. The molecule has 31 heavy (non-hydrogen) atoms. The van der Waals surface area contributed by atoms with Crippen LogP contribution in [0.4, 0.5) is 5.82 Å². The molecule has 1 N–H and O–H groups in total. The molecule has 0 unspecified atom stereocenters. The minimum absolute atomic E-state index is 0.0738. The third-order valence-corrected chi connectivity index (χ3v) is 5.92. The lowest BCUT2D eigenvalue weighted by molar-refractivity contribution is 0.0117. The molecular weight excluding hydrogens is 414 g/mol. The van der Waals surface area contributed by atoms with Crippen molar-refractivity contribution in [2.24, 2.45) is 0 Å². The minimum Gasteiger partial charge on any atom is -0.455 e. The van der Waals surface area contributed by atoms with E-state index in [0.29, 0.717) is 48.7 Å². The van der Waals surface area contributed by atoms with Crippen molar-refractivity contribution in [1.29, 1.82) is 0 Å². The predicted molar refractivity (Wildman–Crippen MR) is 122 cm³/mol. The fraction of sp³-hybridized carbons (Fsp3) is 0.591. The molecule has 0 aromatic carbocycles. The molecule has 3 heterocycles. The summed E-state index contributed by atoms with van der Waals surface area (Å²) in [5.74, 6) is 2.27. The molecule has 2 aromatic heterocycles. The standard InChI is InChI=1S/C22H33N5O3S/c1-6-26(7-2)19-14-18(22(3,4)5)23-21(24-19)31-15-16-8-9-17(30-16)20(28)25-27-10-12-29-13-11-27/h8-9,14H,6-7,10-13,15H2,1-5H3,(H,25,28). The molecule has 0 spiro atoms. The monoisotopic (exact) mass is 447 g/mol. The van der Waals surface area contributed by atoms with Crippen molar-refractivity contribution in [1.82, 2.24) is 20.4 Å². The van der Waals surface area contributed by atoms with Gasteiger partial charge in [0.25, 0.3) is 0 Å². The van der Waals surface area contributed by atoms with Crippen LogP contribution in [0.2, 0.25) is 0 Å². The first-order chi connectivity index (χ1) is 14.8. The fourth-order valence-corrected chi connectivity index (χ4v) is 3.91. The number of aromatic nitrogens is 2. The molecular formula is C22H33N5O3S. The van der Waals surface area contributed by atoms with Crippen LogP contribution in [0.1, 0.15) is 56.6 Å². The first-order valence-electron chi connectivity index (χ1n) is 10.8. The summed E-state index contributed by atoms with van der Waals surface area (Å²) in [6.07, 6.45) is 0. The Balaban J connectivity index is 1.68. The lowest BCUT2D eigenvalue weighted by atomic mass is 9.92. The topological polar surface area (TPSA) is 83.7 Å². The van der Waals surface area contributed by atoms with Crippen molar-refractivity contribution in [3.8, 4) is 0 Å². The summed E-state index contributed by atoms with van der Waals surface area (Å²) in [5, 5.41) is 2.56. The van der Waals surface area contributed by atoms with Gasteiger partial charge in [-0.2, -0.15) is 0 Å². The van der Waals surface area contributed by atoms with E-state index in [0.717, 1.165) is 24.6 Å². The number of nitrogens with one attached hydrogen (secondary N) is 1. The lowest BCUT2D eigenvalue weighted by Gasteiger charge is -2.26. The predicted octanol–water partition coefficient (Wildman–Crippen LogP) is 3.48. The molecule has 0 aliphatic carbocycles. The highest BCUT2D eigenvalue weighted by Crippen LogP contribution is 2.28. The Bertz CT molecular complexity index is 870. The van der Waals surface area contributed by atoms with Gasteiger partial charge in [-0.15, -0.1) is 0 Å². The van der Waals surface area contributed by atoms with E-state index >= 15 is 0 Å². The second-order valence-electron chi connectivity index (χ2n) is 8.41. The molecule has 9 heteroatoms. The number of furan rings is 1. The molecule has 1 fully saturated rings. The van der Waals surface area contributed by atoms with Gasteiger partial charge in [-0.05, 0) is 26.0 Å². The highest BCUT2D eigenvalue weighted by Gasteiger charge is 2.21. The van der Waals surface area contributed by atoms with Crippen LogP contribution in [-0.2, 0) is 15.9 Å². The summed E-state index contributed by atoms with van der Waals surface area (Å²) in [5.41, 5.74) is 3.80. The molecule has 0 radical (unpaired) electrons. The van der Waals surface area contributed by atoms with Gasteiger partial charge in [-0.3, -0.25) is 10.2 Å². The first-order valence-corrected chi connectivity index (χ1v) is 11.8. The van der Waals surface area contributed by atoms with Crippen LogP contribution < -0.4 is 10.3 Å². The van der Waals surface area contributed by atoms with Crippen molar-refractivity contribution in [3.05, 3.63) is 35.4 Å². The van der Waals surface area contributed by atoms with Gasteiger partial charge in [-0.1, -0.05) is 32.5 Å². The summed E-state index contributed by atoms with van der Waals surface area (Å²) < 4.78 is 11.1. The second-order valence-corrected chi connectivity index (χ2v) is 9.35. The number of rotatable bonds is 8. The van der Waals surface area contributed by atoms with E-state index in [9.17, 15) is 4.79 Å². The van der Waals surface area contributed by atoms with Crippen molar-refractivity contribution in [2.75, 3.05) is 44.3 Å². The minimum atomic E-state index is -0.243. The molecule has 1 aliphatic rings. The molecule has 8 nitrogen and oxygen atoms in total. The maximum atomic E-state index is 12.4. The van der Waals surface area contributed by atoms with Crippen molar-refractivity contribution >= 4 is 23.5 Å². The van der Waals surface area contributed by atoms with Crippen LogP contribution in [0.25, 0.3) is 0 Å². The molecule has 2 aromatic rings. The molecule has 0 bridgehead atoms. The third-order valence-electron chi connectivity index (χ3n) is 5.05. The average Bonchev–Trinajstić information content (AvgIpc) is 3.22. The Morgan fingerprint density at radius 3 is 2.55 bits per heavy atom. The molecule has 1 aliphatic heterocycles. The number of hydrazine groups is 1. The number of thioether (sulfide) groups is 1. The van der Waals surface area contributed by atoms with Gasteiger partial charge in [0.15, 0.2) is 10.9 Å². The van der Waals surface area contributed by atoms with E-state index in [2.05, 4.69) is 51.0 Å². The smallest absolute Gasteiger partial charge is 0.301 e. The number of morpholine rings is 1. The Morgan fingerprint density at radius 2 is 1.90 bits per heavy atom. The molecule has 0 saturated carbocycles. The Hall–Kier alpha value is -2.10. The van der Waals surface area contributed by atoms with Gasteiger partial charge in [0.2, 0.25) is 0 Å². The number of carbonyl (C=O) groups is 1. The van der Waals surface area contributed by atoms with Gasteiger partial charge in [0.1, 0.15) is 11.6 Å². The van der Waals surface area contributed by atoms with Gasteiger partial charge in [-0.25, -0.2) is 15.0 Å². The van der Waals surface area contributed by atoms with Crippen LogP contribution in [0.3, 0.4) is 0 Å². The fourth-order valence-electron chi connectivity index (χ4n) is 3.16. The number of ether oxygens (including phenoxy) is 1. The number of carbonyl (C=O) groups excluding carboxylic acids is 1. The van der Waals surface area contributed by atoms with E-state index < -0.39 is 0 Å². The highest BCUT2D eigenvalue weighted by atomic mass is 32.2. The van der Waals surface area contributed by atoms with E-state index in [1.807, 2.05) is 11.1 Å². The van der Waals surface area contributed by atoms with Crippen LogP contribution in [0, 0.1) is 0 Å². The Labute approximate surface area is 188 Å². The summed E-state index contributed by atoms with van der Waals surface area (Å²) in [7, 11) is 0. The van der Waals surface area contributed by atoms with Crippen molar-refractivity contribution in [2.45, 2.75) is 50.9 Å². The van der Waals surface area contributed by atoms with Gasteiger partial charge in [0, 0.05) is 37.7 Å². The summed E-state index contributed by atoms with van der Waals surface area (Å²) in [6, 6.07) is 5.62. The lowest BCUT2D eigenvalue weighted by Crippen LogP contribution is -2.48. The number of hydrogen-bond donors (Lipinski definition) is 1. The number of hydrogen-bond acceptors (Lipinski definition) is 8. The summed E-state index contributed by atoms with van der Waals surface area (Å²) >= 11 is 1.52. The number of nitrogens with zero attached hydrogens (tertiary/aromatic N) is 4. The van der Waals surface area contributed by atoms with Crippen LogP contribution >= 0.6 is 11.8 Å². The van der Waals surface area contributed by atoms with Crippen LogP contribution in [-0.4, -0.2) is 60.3 Å². The molecule has 1 saturated heterocycles. The van der Waals surface area contributed by atoms with E-state index in [4.69, 9.17) is 19.1 Å². The maximum absolute atomic E-state index is 12.4. The number of amides is 1. The normalized spacial score (nSPS) is 15.1. The number of anilines is 1. The van der Waals surface area contributed by atoms with Crippen molar-refractivity contribution < 1.29 is 13.9 Å². The summed E-state index contributed by atoms with van der Waals surface area (Å²) in [6.45, 7) is 15.1. The van der Waals surface area contributed by atoms with E-state index in [1.165, 1.54) is 11.8 Å². The Morgan fingerprint density at radius 1 is 1.19 bits per heavy atom. The second kappa shape index (κ2) is 10.5. The zero-order valence-corrected chi connectivity index (χ0v) is 19.9. The van der Waals surface area contributed by atoms with Crippen LogP contribution in [0.5, 0.6) is 0 Å². The third kappa shape index (κ3) is 6.44. The first kappa shape index (κ1) is 23.6. The molecule has 1 amide bonds. The quantitative estimate of drug-likeness (QED) is 0.486. The zero-order valence-electron chi connectivity index (χ0n) is 19.1. The van der Waals surface area contributed by atoms with E-state index in [-0.39, 0.29) is 11.3 Å². The zero-order chi connectivity index (χ0) is 22.4. The van der Waals surface area contributed by atoms with Gasteiger partial charge >= 0.3 is 5.91 Å². The average molecular weight is 448 g/mol. The van der Waals surface area contributed by atoms with Crippen molar-refractivity contribution in [3.63, 3.8) is 0 Å². The largest absolute Gasteiger partial charge is 0.455 e. The summed E-state index contributed by atoms with van der Waals surface area (Å²) in [4.78, 5) is 24.2.